The monoisotopic (exact) mass is 270 g/mol. The van der Waals surface area contributed by atoms with Crippen molar-refractivity contribution in [3.63, 3.8) is 0 Å². The molecule has 1 aromatic rings. The van der Waals surface area contributed by atoms with E-state index in [0.717, 1.165) is 25.9 Å². The highest BCUT2D eigenvalue weighted by Gasteiger charge is 2.19. The molecule has 0 fully saturated rings. The van der Waals surface area contributed by atoms with Gasteiger partial charge in [-0.1, -0.05) is 19.1 Å². The number of nitrogens with zero attached hydrogens (tertiary/aromatic N) is 1. The van der Waals surface area contributed by atoms with Crippen LogP contribution in [0.1, 0.15) is 36.9 Å². The van der Waals surface area contributed by atoms with Gasteiger partial charge in [-0.25, -0.2) is 8.78 Å². The molecule has 2 nitrogen and oxygen atoms in total. The van der Waals surface area contributed by atoms with Gasteiger partial charge in [-0.3, -0.25) is 0 Å². The van der Waals surface area contributed by atoms with Gasteiger partial charge in [-0.05, 0) is 52.5 Å². The number of hydrogen-bond donors (Lipinski definition) is 1. The van der Waals surface area contributed by atoms with E-state index >= 15 is 0 Å². The Morgan fingerprint density at radius 2 is 1.89 bits per heavy atom. The highest BCUT2D eigenvalue weighted by molar-refractivity contribution is 5.28. The van der Waals surface area contributed by atoms with Crippen LogP contribution in [0.2, 0.25) is 0 Å². The van der Waals surface area contributed by atoms with E-state index in [9.17, 15) is 8.78 Å². The largest absolute Gasteiger partial charge is 0.310 e. The normalized spacial score (nSPS) is 13.0. The standard InChI is InChI=1S/C15H24F2N2/c1-5-9-18-13(8-10-19(3)4)12-7-6-11(2)14(16)15(12)17/h6-7,13,18H,5,8-10H2,1-4H3. The second-order valence-corrected chi connectivity index (χ2v) is 5.20. The van der Waals surface area contributed by atoms with E-state index in [-0.39, 0.29) is 6.04 Å². The Kier molecular flexibility index (Phi) is 6.38. The van der Waals surface area contributed by atoms with Crippen molar-refractivity contribution >= 4 is 0 Å². The molecule has 4 heteroatoms. The molecule has 0 aliphatic rings. The van der Waals surface area contributed by atoms with E-state index in [1.165, 1.54) is 0 Å². The predicted molar refractivity (Wildman–Crippen MR) is 75.3 cm³/mol. The van der Waals surface area contributed by atoms with E-state index in [2.05, 4.69) is 12.2 Å². The van der Waals surface area contributed by atoms with Crippen LogP contribution in [0.4, 0.5) is 8.78 Å². The quantitative estimate of drug-likeness (QED) is 0.818. The fraction of sp³-hybridized carbons (Fsp3) is 0.600. The Balaban J connectivity index is 2.92. The summed E-state index contributed by atoms with van der Waals surface area (Å²) >= 11 is 0. The molecular formula is C15H24F2N2. The summed E-state index contributed by atoms with van der Waals surface area (Å²) < 4.78 is 27.7. The smallest absolute Gasteiger partial charge is 0.163 e. The first-order valence-corrected chi connectivity index (χ1v) is 6.80. The molecule has 1 aromatic carbocycles. The van der Waals surface area contributed by atoms with Crippen molar-refractivity contribution in [2.75, 3.05) is 27.2 Å². The van der Waals surface area contributed by atoms with Crippen LogP contribution in [0.5, 0.6) is 0 Å². The first kappa shape index (κ1) is 16.1. The number of aryl methyl sites for hydroxylation is 1. The summed E-state index contributed by atoms with van der Waals surface area (Å²) in [5.74, 6) is -1.45. The summed E-state index contributed by atoms with van der Waals surface area (Å²) in [5, 5.41) is 3.30. The van der Waals surface area contributed by atoms with Gasteiger partial charge in [0.05, 0.1) is 0 Å². The van der Waals surface area contributed by atoms with Crippen LogP contribution in [0.25, 0.3) is 0 Å². The number of hydrogen-bond acceptors (Lipinski definition) is 2. The lowest BCUT2D eigenvalue weighted by Gasteiger charge is -2.22. The second-order valence-electron chi connectivity index (χ2n) is 5.20. The zero-order valence-corrected chi connectivity index (χ0v) is 12.3. The minimum atomic E-state index is -0.731. The summed E-state index contributed by atoms with van der Waals surface area (Å²) in [6, 6.07) is 3.19. The molecule has 1 N–H and O–H groups in total. The molecule has 0 heterocycles. The van der Waals surface area contributed by atoms with E-state index in [1.807, 2.05) is 19.0 Å². The summed E-state index contributed by atoms with van der Waals surface area (Å²) in [5.41, 5.74) is 0.779. The minimum absolute atomic E-state index is 0.141. The average Bonchev–Trinajstić information content (AvgIpc) is 2.37. The minimum Gasteiger partial charge on any atom is -0.310 e. The number of rotatable bonds is 7. The highest BCUT2D eigenvalue weighted by atomic mass is 19.2. The molecule has 0 bridgehead atoms. The number of halogens is 2. The maximum atomic E-state index is 14.0. The van der Waals surface area contributed by atoms with E-state index < -0.39 is 11.6 Å². The lowest BCUT2D eigenvalue weighted by molar-refractivity contribution is 0.354. The van der Waals surface area contributed by atoms with Crippen molar-refractivity contribution < 1.29 is 8.78 Å². The van der Waals surface area contributed by atoms with E-state index in [1.54, 1.807) is 19.1 Å². The van der Waals surface area contributed by atoms with Crippen LogP contribution in [-0.4, -0.2) is 32.1 Å². The van der Waals surface area contributed by atoms with Crippen molar-refractivity contribution in [3.8, 4) is 0 Å². The Hall–Kier alpha value is -1.00. The average molecular weight is 270 g/mol. The zero-order valence-electron chi connectivity index (χ0n) is 12.3. The van der Waals surface area contributed by atoms with Crippen LogP contribution in [0.15, 0.2) is 12.1 Å². The van der Waals surface area contributed by atoms with Crippen molar-refractivity contribution in [2.24, 2.45) is 0 Å². The van der Waals surface area contributed by atoms with Crippen LogP contribution >= 0.6 is 0 Å². The molecular weight excluding hydrogens is 246 g/mol. The summed E-state index contributed by atoms with van der Waals surface area (Å²) in [6.07, 6.45) is 1.72. The SMILES string of the molecule is CCCNC(CCN(C)C)c1ccc(C)c(F)c1F. The molecule has 1 rings (SSSR count). The van der Waals surface area contributed by atoms with Crippen molar-refractivity contribution in [1.29, 1.82) is 0 Å². The molecule has 0 saturated carbocycles. The number of nitrogens with one attached hydrogen (secondary N) is 1. The molecule has 1 unspecified atom stereocenters. The fourth-order valence-corrected chi connectivity index (χ4v) is 2.00. The van der Waals surface area contributed by atoms with Gasteiger partial charge in [0, 0.05) is 11.6 Å². The lowest BCUT2D eigenvalue weighted by Crippen LogP contribution is -2.27. The molecule has 1 atom stereocenters. The van der Waals surface area contributed by atoms with E-state index in [0.29, 0.717) is 11.1 Å². The van der Waals surface area contributed by atoms with Gasteiger partial charge >= 0.3 is 0 Å². The number of benzene rings is 1. The van der Waals surface area contributed by atoms with Gasteiger partial charge in [0.1, 0.15) is 0 Å². The van der Waals surface area contributed by atoms with Gasteiger partial charge in [0.2, 0.25) is 0 Å². The summed E-state index contributed by atoms with van der Waals surface area (Å²) in [6.45, 7) is 5.27. The summed E-state index contributed by atoms with van der Waals surface area (Å²) in [7, 11) is 3.95. The maximum absolute atomic E-state index is 14.0. The second kappa shape index (κ2) is 7.56. The van der Waals surface area contributed by atoms with Crippen molar-refractivity contribution in [3.05, 3.63) is 34.9 Å². The van der Waals surface area contributed by atoms with Gasteiger partial charge in [0.25, 0.3) is 0 Å². The molecule has 19 heavy (non-hydrogen) atoms. The Bertz CT molecular complexity index is 405. The zero-order chi connectivity index (χ0) is 14.4. The maximum Gasteiger partial charge on any atom is 0.163 e. The first-order chi connectivity index (χ1) is 8.97. The van der Waals surface area contributed by atoms with Crippen LogP contribution in [-0.2, 0) is 0 Å². The Morgan fingerprint density at radius 1 is 1.21 bits per heavy atom. The first-order valence-electron chi connectivity index (χ1n) is 6.80. The van der Waals surface area contributed by atoms with Crippen LogP contribution in [0, 0.1) is 18.6 Å². The van der Waals surface area contributed by atoms with Gasteiger partial charge < -0.3 is 10.2 Å². The third kappa shape index (κ3) is 4.55. The molecule has 0 radical (unpaired) electrons. The highest BCUT2D eigenvalue weighted by Crippen LogP contribution is 2.24. The molecule has 0 aliphatic carbocycles. The topological polar surface area (TPSA) is 15.3 Å². The van der Waals surface area contributed by atoms with E-state index in [4.69, 9.17) is 0 Å². The predicted octanol–water partition coefficient (Wildman–Crippen LogP) is 3.27. The third-order valence-corrected chi connectivity index (χ3v) is 3.19. The van der Waals surface area contributed by atoms with Gasteiger partial charge in [-0.15, -0.1) is 0 Å². The van der Waals surface area contributed by atoms with Gasteiger partial charge in [-0.2, -0.15) is 0 Å². The van der Waals surface area contributed by atoms with Crippen LogP contribution < -0.4 is 5.32 Å². The molecule has 108 valence electrons. The van der Waals surface area contributed by atoms with Gasteiger partial charge in [0.15, 0.2) is 11.6 Å². The lowest BCUT2D eigenvalue weighted by atomic mass is 10.0. The fourth-order valence-electron chi connectivity index (χ4n) is 2.00. The molecule has 0 aromatic heterocycles. The third-order valence-electron chi connectivity index (χ3n) is 3.19. The molecule has 0 saturated heterocycles. The Labute approximate surface area is 114 Å². The molecule has 0 amide bonds. The molecule has 0 aliphatic heterocycles. The summed E-state index contributed by atoms with van der Waals surface area (Å²) in [4.78, 5) is 2.04. The Morgan fingerprint density at radius 3 is 2.47 bits per heavy atom. The van der Waals surface area contributed by atoms with Crippen molar-refractivity contribution in [1.82, 2.24) is 10.2 Å². The molecule has 0 spiro atoms. The van der Waals surface area contributed by atoms with Crippen molar-refractivity contribution in [2.45, 2.75) is 32.7 Å². The van der Waals surface area contributed by atoms with Crippen LogP contribution in [0.3, 0.4) is 0 Å².